The molecule has 1 aliphatic rings. The second kappa shape index (κ2) is 4.30. The molecule has 5 heteroatoms. The van der Waals surface area contributed by atoms with Crippen molar-refractivity contribution in [1.29, 1.82) is 0 Å². The molecule has 0 spiro atoms. The second-order valence-corrected chi connectivity index (χ2v) is 4.06. The van der Waals surface area contributed by atoms with Crippen LogP contribution in [-0.2, 0) is 11.8 Å². The summed E-state index contributed by atoms with van der Waals surface area (Å²) in [5.41, 5.74) is 0.817. The Bertz CT molecular complexity index is 326. The normalized spacial score (nSPS) is 25.4. The fraction of sp³-hybridized carbons (Fsp3) is 0.700. The van der Waals surface area contributed by atoms with Crippen molar-refractivity contribution in [2.45, 2.75) is 12.2 Å². The zero-order valence-corrected chi connectivity index (χ0v) is 9.13. The molecule has 1 fully saturated rings. The molecular formula is C10H17N3O2. The summed E-state index contributed by atoms with van der Waals surface area (Å²) in [4.78, 5) is 2.16. The van der Waals surface area contributed by atoms with Crippen LogP contribution in [0.25, 0.3) is 0 Å². The number of aliphatic hydroxyl groups is 1. The molecule has 0 bridgehead atoms. The maximum atomic E-state index is 10.1. The molecule has 1 aromatic heterocycles. The summed E-state index contributed by atoms with van der Waals surface area (Å²) in [6, 6.07) is 0. The third kappa shape index (κ3) is 2.37. The smallest absolute Gasteiger partial charge is 0.109 e. The number of nitrogens with zero attached hydrogens (tertiary/aromatic N) is 3. The Balaban J connectivity index is 2.03. The van der Waals surface area contributed by atoms with Crippen LogP contribution in [0.15, 0.2) is 12.4 Å². The van der Waals surface area contributed by atoms with Crippen LogP contribution in [0.1, 0.15) is 11.7 Å². The van der Waals surface area contributed by atoms with E-state index in [1.165, 1.54) is 0 Å². The zero-order chi connectivity index (χ0) is 10.8. The average Bonchev–Trinajstić information content (AvgIpc) is 2.64. The molecule has 0 amide bonds. The Labute approximate surface area is 89.3 Å². The van der Waals surface area contributed by atoms with Gasteiger partial charge in [-0.05, 0) is 7.05 Å². The van der Waals surface area contributed by atoms with E-state index in [2.05, 4.69) is 10.00 Å². The van der Waals surface area contributed by atoms with Crippen molar-refractivity contribution < 1.29 is 9.84 Å². The van der Waals surface area contributed by atoms with Crippen LogP contribution in [0.2, 0.25) is 0 Å². The SMILES string of the molecule is CN1CCOC(C(O)c2cnn(C)c2)C1. The molecule has 1 saturated heterocycles. The highest BCUT2D eigenvalue weighted by Gasteiger charge is 2.26. The van der Waals surface area contributed by atoms with Gasteiger partial charge in [0, 0.05) is 31.9 Å². The number of hydrogen-bond donors (Lipinski definition) is 1. The van der Waals surface area contributed by atoms with Gasteiger partial charge in [-0.25, -0.2) is 0 Å². The van der Waals surface area contributed by atoms with Crippen molar-refractivity contribution in [3.63, 3.8) is 0 Å². The average molecular weight is 211 g/mol. The number of rotatable bonds is 2. The van der Waals surface area contributed by atoms with Gasteiger partial charge in [-0.2, -0.15) is 5.10 Å². The predicted octanol–water partition coefficient (Wildman–Crippen LogP) is -0.216. The van der Waals surface area contributed by atoms with Crippen LogP contribution >= 0.6 is 0 Å². The third-order valence-corrected chi connectivity index (χ3v) is 2.72. The lowest BCUT2D eigenvalue weighted by molar-refractivity contribution is -0.0844. The molecule has 5 nitrogen and oxygen atoms in total. The number of aliphatic hydroxyl groups excluding tert-OH is 1. The van der Waals surface area contributed by atoms with Crippen LogP contribution in [-0.4, -0.2) is 52.6 Å². The molecular weight excluding hydrogens is 194 g/mol. The third-order valence-electron chi connectivity index (χ3n) is 2.72. The molecule has 2 rings (SSSR count). The number of hydrogen-bond acceptors (Lipinski definition) is 4. The molecule has 1 aliphatic heterocycles. The fourth-order valence-corrected chi connectivity index (χ4v) is 1.81. The lowest BCUT2D eigenvalue weighted by Gasteiger charge is -2.32. The van der Waals surface area contributed by atoms with E-state index >= 15 is 0 Å². The Morgan fingerprint density at radius 3 is 3.00 bits per heavy atom. The minimum Gasteiger partial charge on any atom is -0.386 e. The number of morpholine rings is 1. The van der Waals surface area contributed by atoms with E-state index in [1.807, 2.05) is 20.3 Å². The Kier molecular flexibility index (Phi) is 3.04. The largest absolute Gasteiger partial charge is 0.386 e. The zero-order valence-electron chi connectivity index (χ0n) is 9.13. The van der Waals surface area contributed by atoms with E-state index in [9.17, 15) is 5.11 Å². The van der Waals surface area contributed by atoms with E-state index in [4.69, 9.17) is 4.74 Å². The number of aromatic nitrogens is 2. The molecule has 1 N–H and O–H groups in total. The van der Waals surface area contributed by atoms with Crippen LogP contribution in [0.3, 0.4) is 0 Å². The molecule has 1 aromatic rings. The van der Waals surface area contributed by atoms with E-state index < -0.39 is 6.10 Å². The van der Waals surface area contributed by atoms with Crippen molar-refractivity contribution in [2.75, 3.05) is 26.7 Å². The lowest BCUT2D eigenvalue weighted by Crippen LogP contribution is -2.42. The lowest BCUT2D eigenvalue weighted by atomic mass is 10.1. The molecule has 0 radical (unpaired) electrons. The molecule has 2 unspecified atom stereocenters. The van der Waals surface area contributed by atoms with Gasteiger partial charge in [0.1, 0.15) is 12.2 Å². The van der Waals surface area contributed by atoms with Gasteiger partial charge in [0.25, 0.3) is 0 Å². The molecule has 84 valence electrons. The van der Waals surface area contributed by atoms with E-state index in [1.54, 1.807) is 10.9 Å². The van der Waals surface area contributed by atoms with E-state index in [-0.39, 0.29) is 6.10 Å². The van der Waals surface area contributed by atoms with Gasteiger partial charge in [0.2, 0.25) is 0 Å². The van der Waals surface area contributed by atoms with Gasteiger partial charge in [-0.15, -0.1) is 0 Å². The second-order valence-electron chi connectivity index (χ2n) is 4.06. The first-order chi connectivity index (χ1) is 7.16. The first-order valence-corrected chi connectivity index (χ1v) is 5.13. The summed E-state index contributed by atoms with van der Waals surface area (Å²) < 4.78 is 7.23. The highest BCUT2D eigenvalue weighted by Crippen LogP contribution is 2.20. The van der Waals surface area contributed by atoms with Crippen LogP contribution < -0.4 is 0 Å². The summed E-state index contributed by atoms with van der Waals surface area (Å²) in [6.07, 6.45) is 2.78. The van der Waals surface area contributed by atoms with E-state index in [0.29, 0.717) is 6.61 Å². The summed E-state index contributed by atoms with van der Waals surface area (Å²) in [6.45, 7) is 2.37. The summed E-state index contributed by atoms with van der Waals surface area (Å²) >= 11 is 0. The summed E-state index contributed by atoms with van der Waals surface area (Å²) in [5, 5.41) is 14.1. The summed E-state index contributed by atoms with van der Waals surface area (Å²) in [7, 11) is 3.87. The van der Waals surface area contributed by atoms with Gasteiger partial charge in [-0.3, -0.25) is 4.68 Å². The first-order valence-electron chi connectivity index (χ1n) is 5.13. The van der Waals surface area contributed by atoms with Gasteiger partial charge < -0.3 is 14.7 Å². The fourth-order valence-electron chi connectivity index (χ4n) is 1.81. The number of aryl methyl sites for hydroxylation is 1. The number of ether oxygens (including phenoxy) is 1. The maximum absolute atomic E-state index is 10.1. The highest BCUT2D eigenvalue weighted by molar-refractivity contribution is 5.10. The van der Waals surface area contributed by atoms with Crippen LogP contribution in [0, 0.1) is 0 Å². The molecule has 2 atom stereocenters. The van der Waals surface area contributed by atoms with Crippen molar-refractivity contribution in [3.05, 3.63) is 18.0 Å². The first kappa shape index (κ1) is 10.6. The van der Waals surface area contributed by atoms with Crippen molar-refractivity contribution in [3.8, 4) is 0 Å². The van der Waals surface area contributed by atoms with Gasteiger partial charge in [-0.1, -0.05) is 0 Å². The van der Waals surface area contributed by atoms with Crippen molar-refractivity contribution in [2.24, 2.45) is 7.05 Å². The minimum atomic E-state index is -0.582. The molecule has 2 heterocycles. The Morgan fingerprint density at radius 2 is 2.40 bits per heavy atom. The molecule has 0 aromatic carbocycles. The maximum Gasteiger partial charge on any atom is 0.109 e. The van der Waals surface area contributed by atoms with Gasteiger partial charge >= 0.3 is 0 Å². The molecule has 15 heavy (non-hydrogen) atoms. The predicted molar refractivity (Wildman–Crippen MR) is 55.4 cm³/mol. The summed E-state index contributed by atoms with van der Waals surface area (Å²) in [5.74, 6) is 0. The standard InChI is InChI=1S/C10H17N3O2/c1-12-3-4-15-9(7-12)10(14)8-5-11-13(2)6-8/h5-6,9-10,14H,3-4,7H2,1-2H3. The van der Waals surface area contributed by atoms with Crippen molar-refractivity contribution in [1.82, 2.24) is 14.7 Å². The molecule has 0 saturated carbocycles. The van der Waals surface area contributed by atoms with Gasteiger partial charge in [0.15, 0.2) is 0 Å². The van der Waals surface area contributed by atoms with E-state index in [0.717, 1.165) is 18.7 Å². The highest BCUT2D eigenvalue weighted by atomic mass is 16.5. The Hall–Kier alpha value is -0.910. The Morgan fingerprint density at radius 1 is 1.60 bits per heavy atom. The van der Waals surface area contributed by atoms with Crippen molar-refractivity contribution >= 4 is 0 Å². The topological polar surface area (TPSA) is 50.5 Å². The van der Waals surface area contributed by atoms with Crippen LogP contribution in [0.4, 0.5) is 0 Å². The quantitative estimate of drug-likeness (QED) is 0.735. The van der Waals surface area contributed by atoms with Crippen LogP contribution in [0.5, 0.6) is 0 Å². The van der Waals surface area contributed by atoms with Gasteiger partial charge in [0.05, 0.1) is 12.8 Å². The molecule has 0 aliphatic carbocycles. The monoisotopic (exact) mass is 211 g/mol. The number of likely N-dealkylation sites (N-methyl/N-ethyl adjacent to an activating group) is 1. The minimum absolute atomic E-state index is 0.145.